The van der Waals surface area contributed by atoms with Gasteiger partial charge in [0.15, 0.2) is 4.34 Å². The molecule has 1 aliphatic rings. The number of nitrogens with zero attached hydrogens (tertiary/aromatic N) is 2. The third-order valence-electron chi connectivity index (χ3n) is 3.23. The van der Waals surface area contributed by atoms with Crippen LogP contribution in [0.1, 0.15) is 10.4 Å². The molecule has 4 rings (SSSR count). The molecule has 0 spiro atoms. The van der Waals surface area contributed by atoms with Crippen LogP contribution in [0.2, 0.25) is 0 Å². The number of thioether (sulfide) groups is 1. The summed E-state index contributed by atoms with van der Waals surface area (Å²) in [6.07, 6.45) is 0. The number of para-hydroxylation sites is 2. The number of rotatable bonds is 3. The van der Waals surface area contributed by atoms with Gasteiger partial charge in [-0.15, -0.1) is 16.4 Å². The van der Waals surface area contributed by atoms with E-state index in [1.807, 2.05) is 30.3 Å². The Morgan fingerprint density at radius 1 is 1.13 bits per heavy atom. The fourth-order valence-electron chi connectivity index (χ4n) is 2.16. The molecule has 0 saturated carbocycles. The maximum absolute atomic E-state index is 11.9. The van der Waals surface area contributed by atoms with Gasteiger partial charge < -0.3 is 4.74 Å². The summed E-state index contributed by atoms with van der Waals surface area (Å²) in [7, 11) is 0. The number of thiazole rings is 1. The third kappa shape index (κ3) is 2.93. The summed E-state index contributed by atoms with van der Waals surface area (Å²) in [5.74, 6) is 1.20. The smallest absolute Gasteiger partial charge is 0.275 e. The maximum Gasteiger partial charge on any atom is 0.275 e. The lowest BCUT2D eigenvalue weighted by atomic mass is 10.2. The van der Waals surface area contributed by atoms with E-state index < -0.39 is 0 Å². The molecule has 0 saturated heterocycles. The predicted octanol–water partition coefficient (Wildman–Crippen LogP) is 3.52. The molecule has 1 amide bonds. The summed E-state index contributed by atoms with van der Waals surface area (Å²) in [6, 6.07) is 15.1. The van der Waals surface area contributed by atoms with Gasteiger partial charge in [0.25, 0.3) is 5.91 Å². The van der Waals surface area contributed by atoms with Gasteiger partial charge in [0.1, 0.15) is 5.75 Å². The zero-order chi connectivity index (χ0) is 15.6. The van der Waals surface area contributed by atoms with Gasteiger partial charge in [0, 0.05) is 0 Å². The van der Waals surface area contributed by atoms with Crippen LogP contribution < -0.4 is 10.2 Å². The monoisotopic (exact) mass is 341 g/mol. The third-order valence-corrected chi connectivity index (χ3v) is 5.40. The van der Waals surface area contributed by atoms with E-state index in [1.165, 1.54) is 11.8 Å². The van der Waals surface area contributed by atoms with Gasteiger partial charge in [0.2, 0.25) is 5.90 Å². The Balaban J connectivity index is 1.52. The van der Waals surface area contributed by atoms with Crippen molar-refractivity contribution in [3.05, 3.63) is 54.1 Å². The first-order chi connectivity index (χ1) is 11.3. The van der Waals surface area contributed by atoms with Gasteiger partial charge in [-0.25, -0.2) is 10.4 Å². The Labute approximate surface area is 140 Å². The van der Waals surface area contributed by atoms with E-state index in [1.54, 1.807) is 29.5 Å². The summed E-state index contributed by atoms with van der Waals surface area (Å²) >= 11 is 3.17. The van der Waals surface area contributed by atoms with E-state index in [4.69, 9.17) is 4.74 Å². The number of aromatic nitrogens is 1. The molecule has 2 heterocycles. The zero-order valence-electron chi connectivity index (χ0n) is 11.9. The second-order valence-corrected chi connectivity index (χ2v) is 7.03. The van der Waals surface area contributed by atoms with E-state index in [0.29, 0.717) is 23.0 Å². The molecule has 0 fully saturated rings. The highest BCUT2D eigenvalue weighted by molar-refractivity contribution is 8.01. The van der Waals surface area contributed by atoms with Crippen molar-refractivity contribution in [3.63, 3.8) is 0 Å². The quantitative estimate of drug-likeness (QED) is 0.740. The molecule has 1 aliphatic heterocycles. The van der Waals surface area contributed by atoms with Crippen LogP contribution in [0.3, 0.4) is 0 Å². The molecule has 1 N–H and O–H groups in total. The van der Waals surface area contributed by atoms with Crippen LogP contribution in [0, 0.1) is 0 Å². The number of hydrogen-bond acceptors (Lipinski definition) is 6. The molecule has 0 aliphatic carbocycles. The van der Waals surface area contributed by atoms with Crippen LogP contribution in [-0.2, 0) is 0 Å². The normalized spacial score (nSPS) is 13.7. The molecule has 0 unspecified atom stereocenters. The van der Waals surface area contributed by atoms with E-state index in [9.17, 15) is 4.79 Å². The van der Waals surface area contributed by atoms with Gasteiger partial charge >= 0.3 is 0 Å². The molecular formula is C16H11N3O2S2. The van der Waals surface area contributed by atoms with Crippen molar-refractivity contribution in [2.75, 3.05) is 5.75 Å². The highest BCUT2D eigenvalue weighted by atomic mass is 32.2. The number of hydrazone groups is 1. The minimum absolute atomic E-state index is 0.263. The number of amides is 1. The first-order valence-electron chi connectivity index (χ1n) is 6.92. The lowest BCUT2D eigenvalue weighted by Gasteiger charge is -2.06. The topological polar surface area (TPSA) is 63.6 Å². The lowest BCUT2D eigenvalue weighted by molar-refractivity contribution is 0.0955. The molecular weight excluding hydrogens is 330 g/mol. The van der Waals surface area contributed by atoms with Gasteiger partial charge in [-0.1, -0.05) is 36.0 Å². The molecule has 114 valence electrons. The fraction of sp³-hybridized carbons (Fsp3) is 0.0625. The molecule has 0 atom stereocenters. The van der Waals surface area contributed by atoms with Gasteiger partial charge in [0.05, 0.1) is 21.5 Å². The molecule has 0 radical (unpaired) electrons. The van der Waals surface area contributed by atoms with Crippen molar-refractivity contribution in [2.24, 2.45) is 5.10 Å². The average molecular weight is 341 g/mol. The Hall–Kier alpha value is -2.38. The lowest BCUT2D eigenvalue weighted by Crippen LogP contribution is -2.18. The number of benzene rings is 2. The van der Waals surface area contributed by atoms with Crippen molar-refractivity contribution in [3.8, 4) is 5.75 Å². The van der Waals surface area contributed by atoms with E-state index in [2.05, 4.69) is 15.5 Å². The molecule has 7 heteroatoms. The molecule has 3 aromatic rings. The second-order valence-electron chi connectivity index (χ2n) is 4.78. The highest BCUT2D eigenvalue weighted by Crippen LogP contribution is 2.30. The maximum atomic E-state index is 11.9. The van der Waals surface area contributed by atoms with Crippen LogP contribution in [-0.4, -0.2) is 22.5 Å². The summed E-state index contributed by atoms with van der Waals surface area (Å²) in [5.41, 5.74) is 3.98. The number of hydrogen-bond donors (Lipinski definition) is 1. The van der Waals surface area contributed by atoms with E-state index in [-0.39, 0.29) is 5.91 Å². The van der Waals surface area contributed by atoms with Crippen LogP contribution in [0.25, 0.3) is 10.2 Å². The van der Waals surface area contributed by atoms with Crippen molar-refractivity contribution < 1.29 is 9.53 Å². The van der Waals surface area contributed by atoms with Gasteiger partial charge in [-0.2, -0.15) is 0 Å². The molecule has 2 aromatic carbocycles. The zero-order valence-corrected chi connectivity index (χ0v) is 13.5. The summed E-state index contributed by atoms with van der Waals surface area (Å²) in [6.45, 7) is 0. The van der Waals surface area contributed by atoms with E-state index >= 15 is 0 Å². The van der Waals surface area contributed by atoms with Crippen molar-refractivity contribution in [2.45, 2.75) is 4.34 Å². The first kappa shape index (κ1) is 14.2. The van der Waals surface area contributed by atoms with Crippen molar-refractivity contribution >= 4 is 45.1 Å². The average Bonchev–Trinajstić information content (AvgIpc) is 2.93. The summed E-state index contributed by atoms with van der Waals surface area (Å²) < 4.78 is 7.84. The standard InChI is InChI=1S/C16H11N3O2S2/c20-15-10-5-1-3-7-12(10)21-14(18-19-15)9-22-16-17-11-6-2-4-8-13(11)23-16/h1-8H,9H2,(H,19,20). The molecule has 23 heavy (non-hydrogen) atoms. The van der Waals surface area contributed by atoms with Crippen molar-refractivity contribution in [1.29, 1.82) is 0 Å². The Morgan fingerprint density at radius 2 is 1.96 bits per heavy atom. The number of carbonyl (C=O) groups excluding carboxylic acids is 1. The molecule has 5 nitrogen and oxygen atoms in total. The minimum atomic E-state index is -0.263. The van der Waals surface area contributed by atoms with Gasteiger partial charge in [-0.3, -0.25) is 4.79 Å². The Bertz CT molecular complexity index is 887. The molecule has 0 bridgehead atoms. The van der Waals surface area contributed by atoms with Crippen LogP contribution in [0.15, 0.2) is 58.0 Å². The summed E-state index contributed by atoms with van der Waals surface area (Å²) in [4.78, 5) is 16.5. The van der Waals surface area contributed by atoms with Crippen LogP contribution in [0.4, 0.5) is 0 Å². The van der Waals surface area contributed by atoms with Crippen LogP contribution >= 0.6 is 23.1 Å². The van der Waals surface area contributed by atoms with Crippen molar-refractivity contribution in [1.82, 2.24) is 10.4 Å². The Kier molecular flexibility index (Phi) is 3.72. The number of nitrogens with one attached hydrogen (secondary N) is 1. The number of carbonyl (C=O) groups is 1. The largest absolute Gasteiger partial charge is 0.440 e. The van der Waals surface area contributed by atoms with Gasteiger partial charge in [-0.05, 0) is 24.3 Å². The SMILES string of the molecule is O=C1NN=C(CSc2nc3ccccc3s2)Oc2ccccc21. The fourth-order valence-corrected chi connectivity index (χ4v) is 4.08. The van der Waals surface area contributed by atoms with E-state index in [0.717, 1.165) is 14.6 Å². The summed E-state index contributed by atoms with van der Waals surface area (Å²) in [5, 5.41) is 4.04. The minimum Gasteiger partial charge on any atom is -0.440 e. The second kappa shape index (κ2) is 6.02. The highest BCUT2D eigenvalue weighted by Gasteiger charge is 2.18. The van der Waals surface area contributed by atoms with Crippen LogP contribution in [0.5, 0.6) is 5.75 Å². The first-order valence-corrected chi connectivity index (χ1v) is 8.72. The molecule has 1 aromatic heterocycles. The number of fused-ring (bicyclic) bond motifs is 2. The Morgan fingerprint density at radius 3 is 2.87 bits per heavy atom. The number of ether oxygens (including phenoxy) is 1. The predicted molar refractivity (Wildman–Crippen MR) is 92.3 cm³/mol.